The number of halogens is 1. The van der Waals surface area contributed by atoms with Crippen LogP contribution in [-0.2, 0) is 4.74 Å². The average molecular weight is 474 g/mol. The quantitative estimate of drug-likeness (QED) is 0.648. The van der Waals surface area contributed by atoms with E-state index in [0.29, 0.717) is 43.1 Å². The minimum Gasteiger partial charge on any atom is -0.442 e. The Balaban J connectivity index is 1.37. The first kappa shape index (κ1) is 22.8. The monoisotopic (exact) mass is 473 g/mol. The molecule has 174 valence electrons. The van der Waals surface area contributed by atoms with Gasteiger partial charge < -0.3 is 19.9 Å². The van der Waals surface area contributed by atoms with E-state index in [0.717, 1.165) is 5.69 Å². The first-order valence-electron chi connectivity index (χ1n) is 10.5. The Bertz CT molecular complexity index is 1060. The average Bonchev–Trinajstić information content (AvgIpc) is 3.18. The lowest BCUT2D eigenvalue weighted by atomic mass is 10.2. The van der Waals surface area contributed by atoms with Gasteiger partial charge in [-0.1, -0.05) is 12.6 Å². The first-order chi connectivity index (χ1) is 15.8. The fourth-order valence-corrected chi connectivity index (χ4v) is 3.98. The Morgan fingerprint density at radius 2 is 1.97 bits per heavy atom. The topological polar surface area (TPSA) is 95.1 Å². The Hall–Kier alpha value is -3.34. The smallest absolute Gasteiger partial charge is 0.414 e. The molecule has 2 aliphatic heterocycles. The van der Waals surface area contributed by atoms with Crippen LogP contribution in [0.1, 0.15) is 16.1 Å². The van der Waals surface area contributed by atoms with Gasteiger partial charge in [0.15, 0.2) is 0 Å². The van der Waals surface area contributed by atoms with Gasteiger partial charge in [-0.3, -0.25) is 19.5 Å². The maximum Gasteiger partial charge on any atom is 0.414 e. The molecule has 2 aromatic rings. The van der Waals surface area contributed by atoms with Crippen LogP contribution in [0.3, 0.4) is 0 Å². The zero-order valence-corrected chi connectivity index (χ0v) is 18.9. The molecule has 3 heterocycles. The molecule has 11 heteroatoms. The molecule has 3 amide bonds. The maximum absolute atomic E-state index is 14.9. The number of ether oxygens (including phenoxy) is 1. The van der Waals surface area contributed by atoms with Gasteiger partial charge in [0.1, 0.15) is 11.9 Å². The van der Waals surface area contributed by atoms with E-state index in [9.17, 15) is 18.8 Å². The van der Waals surface area contributed by atoms with Gasteiger partial charge in [-0.15, -0.1) is 0 Å². The zero-order chi connectivity index (χ0) is 23.5. The van der Waals surface area contributed by atoms with Crippen molar-refractivity contribution in [3.63, 3.8) is 0 Å². The molecular formula is C22H24FN5O4S. The summed E-state index contributed by atoms with van der Waals surface area (Å²) >= 11 is 3.62. The molecule has 2 saturated heterocycles. The number of hydrogen-bond acceptors (Lipinski definition) is 6. The number of anilines is 2. The largest absolute Gasteiger partial charge is 0.442 e. The van der Waals surface area contributed by atoms with Crippen molar-refractivity contribution in [2.24, 2.45) is 0 Å². The number of thiol groups is 1. The van der Waals surface area contributed by atoms with Crippen molar-refractivity contribution in [3.05, 3.63) is 53.6 Å². The van der Waals surface area contributed by atoms with Crippen molar-refractivity contribution in [3.8, 4) is 0 Å². The van der Waals surface area contributed by atoms with Crippen molar-refractivity contribution in [1.29, 1.82) is 0 Å². The van der Waals surface area contributed by atoms with Gasteiger partial charge in [0.05, 0.1) is 30.0 Å². The molecule has 4 rings (SSSR count). The molecule has 1 unspecified atom stereocenters. The highest BCUT2D eigenvalue weighted by atomic mass is 32.1. The van der Waals surface area contributed by atoms with Crippen LogP contribution in [0.2, 0.25) is 0 Å². The predicted molar refractivity (Wildman–Crippen MR) is 123 cm³/mol. The van der Waals surface area contributed by atoms with Crippen molar-refractivity contribution in [2.45, 2.75) is 13.0 Å². The van der Waals surface area contributed by atoms with Crippen LogP contribution in [0.5, 0.6) is 0 Å². The molecule has 0 spiro atoms. The summed E-state index contributed by atoms with van der Waals surface area (Å²) in [6.45, 7) is 4.08. The Labute approximate surface area is 195 Å². The summed E-state index contributed by atoms with van der Waals surface area (Å²) < 4.78 is 20.2. The van der Waals surface area contributed by atoms with Crippen LogP contribution in [0.15, 0.2) is 36.5 Å². The van der Waals surface area contributed by atoms with Gasteiger partial charge >= 0.3 is 6.09 Å². The first-order valence-corrected chi connectivity index (χ1v) is 11.0. The number of carbonyl (C=O) groups excluding carboxylic acids is 3. The van der Waals surface area contributed by atoms with Crippen LogP contribution in [0.25, 0.3) is 0 Å². The van der Waals surface area contributed by atoms with E-state index in [-0.39, 0.29) is 19.0 Å². The number of hydrogen-bond donors (Lipinski definition) is 2. The molecule has 33 heavy (non-hydrogen) atoms. The molecule has 0 saturated carbocycles. The number of pyridine rings is 1. The summed E-state index contributed by atoms with van der Waals surface area (Å²) in [7, 11) is 0. The lowest BCUT2D eigenvalue weighted by Gasteiger charge is -2.36. The Morgan fingerprint density at radius 1 is 1.21 bits per heavy atom. The minimum atomic E-state index is -0.599. The lowest BCUT2D eigenvalue weighted by Crippen LogP contribution is -2.49. The number of carbonyl (C=O) groups is 3. The summed E-state index contributed by atoms with van der Waals surface area (Å²) in [6.07, 6.45) is 0.437. The summed E-state index contributed by atoms with van der Waals surface area (Å²) in [6, 6.07) is 8.15. The number of aromatic nitrogens is 1. The summed E-state index contributed by atoms with van der Waals surface area (Å²) in [5.41, 5.74) is 2.17. The summed E-state index contributed by atoms with van der Waals surface area (Å²) in [4.78, 5) is 44.9. The van der Waals surface area contributed by atoms with Crippen LogP contribution in [0, 0.1) is 12.7 Å². The second-order valence-corrected chi connectivity index (χ2v) is 8.31. The molecule has 1 atom stereocenters. The van der Waals surface area contributed by atoms with Gasteiger partial charge in [-0.05, 0) is 37.3 Å². The fourth-order valence-electron chi connectivity index (χ4n) is 3.89. The van der Waals surface area contributed by atoms with Gasteiger partial charge in [0.2, 0.25) is 0 Å². The molecule has 0 radical (unpaired) electrons. The van der Waals surface area contributed by atoms with Crippen molar-refractivity contribution in [1.82, 2.24) is 15.2 Å². The van der Waals surface area contributed by atoms with E-state index in [1.54, 1.807) is 35.4 Å². The lowest BCUT2D eigenvalue weighted by molar-refractivity contribution is 0.0746. The Morgan fingerprint density at radius 3 is 2.61 bits per heavy atom. The molecule has 9 nitrogen and oxygen atoms in total. The van der Waals surface area contributed by atoms with Crippen LogP contribution >= 0.6 is 12.6 Å². The van der Waals surface area contributed by atoms with Crippen LogP contribution in [0.4, 0.5) is 25.4 Å². The molecule has 1 N–H and O–H groups in total. The highest BCUT2D eigenvalue weighted by Gasteiger charge is 2.33. The van der Waals surface area contributed by atoms with E-state index in [2.05, 4.69) is 22.9 Å². The SMILES string of the molecule is Cc1ccc(C(=O)N2CCN(c3ccc(N4CC(CNC(=O)S)OC4=O)cc3F)CC2)cn1. The second kappa shape index (κ2) is 9.65. The summed E-state index contributed by atoms with van der Waals surface area (Å²) in [5, 5.41) is 1.96. The van der Waals surface area contributed by atoms with E-state index >= 15 is 0 Å². The molecule has 0 bridgehead atoms. The molecule has 0 aliphatic carbocycles. The third-order valence-corrected chi connectivity index (χ3v) is 5.82. The molecule has 1 aromatic carbocycles. The molecule has 1 aromatic heterocycles. The highest BCUT2D eigenvalue weighted by molar-refractivity contribution is 7.96. The van der Waals surface area contributed by atoms with Crippen LogP contribution in [-0.4, -0.2) is 72.5 Å². The summed E-state index contributed by atoms with van der Waals surface area (Å²) in [5.74, 6) is -0.552. The molecular weight excluding hydrogens is 449 g/mol. The van der Waals surface area contributed by atoms with Crippen molar-refractivity contribution >= 4 is 41.2 Å². The standard InChI is InChI=1S/C22H24FN5O4S/c1-14-2-3-15(11-24-14)20(29)27-8-6-26(7-9-27)19-5-4-16(10-18(19)23)28-13-17(32-22(28)31)12-25-21(30)33/h2-5,10-11,17H,6-9,12-13H2,1H3,(H2,25,30,33). The van der Waals surface area contributed by atoms with Gasteiger partial charge in [-0.2, -0.15) is 0 Å². The second-order valence-electron chi connectivity index (χ2n) is 7.91. The van der Waals surface area contributed by atoms with E-state index < -0.39 is 23.3 Å². The highest BCUT2D eigenvalue weighted by Crippen LogP contribution is 2.28. The Kier molecular flexibility index (Phi) is 6.68. The van der Waals surface area contributed by atoms with E-state index in [1.807, 2.05) is 11.8 Å². The van der Waals surface area contributed by atoms with E-state index in [1.165, 1.54) is 11.0 Å². The number of aryl methyl sites for hydroxylation is 1. The van der Waals surface area contributed by atoms with Crippen molar-refractivity contribution in [2.75, 3.05) is 49.1 Å². The number of piperazine rings is 1. The van der Waals surface area contributed by atoms with Gasteiger partial charge in [0.25, 0.3) is 11.1 Å². The van der Waals surface area contributed by atoms with Gasteiger partial charge in [-0.25, -0.2) is 9.18 Å². The third-order valence-electron chi connectivity index (χ3n) is 5.66. The number of rotatable bonds is 5. The number of nitrogens with zero attached hydrogens (tertiary/aromatic N) is 4. The van der Waals surface area contributed by atoms with E-state index in [4.69, 9.17) is 4.74 Å². The molecule has 2 aliphatic rings. The zero-order valence-electron chi connectivity index (χ0n) is 18.0. The van der Waals surface area contributed by atoms with Crippen LogP contribution < -0.4 is 15.1 Å². The minimum absolute atomic E-state index is 0.0887. The number of benzene rings is 1. The number of nitrogens with one attached hydrogen (secondary N) is 1. The maximum atomic E-state index is 14.9. The third kappa shape index (κ3) is 5.19. The predicted octanol–water partition coefficient (Wildman–Crippen LogP) is 2.46. The fraction of sp³-hybridized carbons (Fsp3) is 0.364. The normalized spacial score (nSPS) is 18.3. The molecule has 2 fully saturated rings. The number of amides is 3. The van der Waals surface area contributed by atoms with Gasteiger partial charge in [0, 0.05) is 38.1 Å². The van der Waals surface area contributed by atoms with Crippen molar-refractivity contribution < 1.29 is 23.5 Å². The number of cyclic esters (lactones) is 1.